The topological polar surface area (TPSA) is 94.2 Å². The summed E-state index contributed by atoms with van der Waals surface area (Å²) in [4.78, 5) is 12.2. The summed E-state index contributed by atoms with van der Waals surface area (Å²) in [5, 5.41) is 2.80. The minimum Gasteiger partial charge on any atom is -0.497 e. The number of carbonyl (C=O) groups excluding carboxylic acids is 1. The van der Waals surface area contributed by atoms with Crippen LogP contribution in [0, 0.1) is 0 Å². The fraction of sp³-hybridized carbons (Fsp3) is 0.381. The average molecular weight is 435 g/mol. The first-order valence-corrected chi connectivity index (χ1v) is 11.1. The monoisotopic (exact) mass is 434 g/mol. The highest BCUT2D eigenvalue weighted by atomic mass is 32.2. The van der Waals surface area contributed by atoms with E-state index in [1.54, 1.807) is 19.2 Å². The lowest BCUT2D eigenvalue weighted by Crippen LogP contribution is -2.40. The van der Waals surface area contributed by atoms with Crippen molar-refractivity contribution in [3.05, 3.63) is 54.1 Å². The number of nitrogens with zero attached hydrogens (tertiary/aromatic N) is 1. The van der Waals surface area contributed by atoms with E-state index in [2.05, 4.69) is 5.32 Å². The van der Waals surface area contributed by atoms with Crippen LogP contribution in [0.2, 0.25) is 0 Å². The van der Waals surface area contributed by atoms with Gasteiger partial charge in [-0.2, -0.15) is 4.31 Å². The molecule has 0 saturated carbocycles. The van der Waals surface area contributed by atoms with Crippen LogP contribution in [0.1, 0.15) is 5.56 Å². The molecule has 162 valence electrons. The SMILES string of the molecule is COc1ccc(CC(=O)NCCOc2ccc(S(=O)(=O)N3CCOCC3)cc2)cc1. The number of methoxy groups -OCH3 is 1. The summed E-state index contributed by atoms with van der Waals surface area (Å²) in [6, 6.07) is 13.6. The van der Waals surface area contributed by atoms with Gasteiger partial charge in [0.25, 0.3) is 0 Å². The van der Waals surface area contributed by atoms with Gasteiger partial charge in [0.05, 0.1) is 38.2 Å². The van der Waals surface area contributed by atoms with Gasteiger partial charge in [-0.25, -0.2) is 8.42 Å². The van der Waals surface area contributed by atoms with Gasteiger partial charge in [-0.3, -0.25) is 4.79 Å². The van der Waals surface area contributed by atoms with Crippen molar-refractivity contribution < 1.29 is 27.4 Å². The lowest BCUT2D eigenvalue weighted by molar-refractivity contribution is -0.120. The lowest BCUT2D eigenvalue weighted by atomic mass is 10.1. The molecule has 1 N–H and O–H groups in total. The van der Waals surface area contributed by atoms with Gasteiger partial charge in [0.15, 0.2) is 0 Å². The Morgan fingerprint density at radius 2 is 1.67 bits per heavy atom. The first kappa shape index (κ1) is 22.1. The molecule has 0 unspecified atom stereocenters. The highest BCUT2D eigenvalue weighted by Crippen LogP contribution is 2.20. The van der Waals surface area contributed by atoms with E-state index < -0.39 is 10.0 Å². The van der Waals surface area contributed by atoms with Crippen LogP contribution in [0.4, 0.5) is 0 Å². The van der Waals surface area contributed by atoms with Gasteiger partial charge in [-0.05, 0) is 42.0 Å². The van der Waals surface area contributed by atoms with Gasteiger partial charge in [0, 0.05) is 13.1 Å². The van der Waals surface area contributed by atoms with Crippen LogP contribution in [0.5, 0.6) is 11.5 Å². The maximum absolute atomic E-state index is 12.6. The molecule has 1 heterocycles. The zero-order valence-electron chi connectivity index (χ0n) is 16.9. The van der Waals surface area contributed by atoms with Crippen LogP contribution in [-0.4, -0.2) is 65.2 Å². The Bertz CT molecular complexity index is 923. The van der Waals surface area contributed by atoms with E-state index in [1.807, 2.05) is 24.3 Å². The summed E-state index contributed by atoms with van der Waals surface area (Å²) >= 11 is 0. The zero-order valence-corrected chi connectivity index (χ0v) is 17.7. The minimum absolute atomic E-state index is 0.101. The molecule has 3 rings (SSSR count). The molecule has 1 saturated heterocycles. The van der Waals surface area contributed by atoms with Gasteiger partial charge in [-0.15, -0.1) is 0 Å². The Morgan fingerprint density at radius 3 is 2.30 bits per heavy atom. The van der Waals surface area contributed by atoms with Gasteiger partial charge >= 0.3 is 0 Å². The number of morpholine rings is 1. The molecule has 2 aromatic rings. The normalized spacial score (nSPS) is 14.8. The number of hydrogen-bond acceptors (Lipinski definition) is 6. The van der Waals surface area contributed by atoms with Gasteiger partial charge < -0.3 is 19.5 Å². The Hall–Kier alpha value is -2.62. The number of sulfonamides is 1. The van der Waals surface area contributed by atoms with Crippen molar-refractivity contribution in [2.24, 2.45) is 0 Å². The molecule has 0 spiro atoms. The number of rotatable bonds is 9. The third-order valence-electron chi connectivity index (χ3n) is 4.65. The quantitative estimate of drug-likeness (QED) is 0.601. The van der Waals surface area contributed by atoms with E-state index in [-0.39, 0.29) is 23.8 Å². The van der Waals surface area contributed by atoms with Crippen LogP contribution in [0.15, 0.2) is 53.4 Å². The third-order valence-corrected chi connectivity index (χ3v) is 6.56. The fourth-order valence-electron chi connectivity index (χ4n) is 2.99. The van der Waals surface area contributed by atoms with Crippen molar-refractivity contribution in [1.29, 1.82) is 0 Å². The smallest absolute Gasteiger partial charge is 0.243 e. The second kappa shape index (κ2) is 10.4. The van der Waals surface area contributed by atoms with Crippen LogP contribution < -0.4 is 14.8 Å². The molecule has 0 bridgehead atoms. The lowest BCUT2D eigenvalue weighted by Gasteiger charge is -2.26. The molecule has 1 aliphatic heterocycles. The summed E-state index contributed by atoms with van der Waals surface area (Å²) in [7, 11) is -1.92. The molecular weight excluding hydrogens is 408 g/mol. The molecule has 0 radical (unpaired) electrons. The zero-order chi connectivity index (χ0) is 21.4. The second-order valence-corrected chi connectivity index (χ2v) is 8.65. The van der Waals surface area contributed by atoms with E-state index in [4.69, 9.17) is 14.2 Å². The predicted molar refractivity (Wildman–Crippen MR) is 111 cm³/mol. The first-order chi connectivity index (χ1) is 14.5. The van der Waals surface area contributed by atoms with Crippen molar-refractivity contribution in [2.45, 2.75) is 11.3 Å². The fourth-order valence-corrected chi connectivity index (χ4v) is 4.40. The Balaban J connectivity index is 1.42. The molecule has 1 amide bonds. The number of benzene rings is 2. The Labute approximate surface area is 176 Å². The number of hydrogen-bond donors (Lipinski definition) is 1. The highest BCUT2D eigenvalue weighted by molar-refractivity contribution is 7.89. The van der Waals surface area contributed by atoms with E-state index in [1.165, 1.54) is 16.4 Å². The molecule has 0 aliphatic carbocycles. The van der Waals surface area contributed by atoms with Crippen molar-refractivity contribution in [2.75, 3.05) is 46.6 Å². The van der Waals surface area contributed by atoms with E-state index in [0.717, 1.165) is 11.3 Å². The standard InChI is InChI=1S/C21H26N2O6S/c1-27-18-4-2-17(3-5-18)16-21(24)22-10-13-29-19-6-8-20(9-7-19)30(25,26)23-11-14-28-15-12-23/h2-9H,10-16H2,1H3,(H,22,24). The maximum Gasteiger partial charge on any atom is 0.243 e. The summed E-state index contributed by atoms with van der Waals surface area (Å²) in [5.74, 6) is 1.19. The van der Waals surface area contributed by atoms with Gasteiger partial charge in [0.2, 0.25) is 15.9 Å². The van der Waals surface area contributed by atoms with Crippen molar-refractivity contribution in [1.82, 2.24) is 9.62 Å². The van der Waals surface area contributed by atoms with Crippen LogP contribution >= 0.6 is 0 Å². The summed E-state index contributed by atoms with van der Waals surface area (Å²) in [6.07, 6.45) is 0.276. The summed E-state index contributed by atoms with van der Waals surface area (Å²) < 4.78 is 42.5. The molecule has 1 aliphatic rings. The first-order valence-electron chi connectivity index (χ1n) is 9.69. The van der Waals surface area contributed by atoms with Crippen molar-refractivity contribution in [3.8, 4) is 11.5 Å². The van der Waals surface area contributed by atoms with E-state index >= 15 is 0 Å². The molecule has 30 heavy (non-hydrogen) atoms. The summed E-state index contributed by atoms with van der Waals surface area (Å²) in [6.45, 7) is 2.16. The molecular formula is C21H26N2O6S. The van der Waals surface area contributed by atoms with Crippen LogP contribution in [0.3, 0.4) is 0 Å². The number of amides is 1. The van der Waals surface area contributed by atoms with E-state index in [9.17, 15) is 13.2 Å². The van der Waals surface area contributed by atoms with Crippen molar-refractivity contribution in [3.63, 3.8) is 0 Å². The molecule has 8 nitrogen and oxygen atoms in total. The van der Waals surface area contributed by atoms with Gasteiger partial charge in [0.1, 0.15) is 18.1 Å². The van der Waals surface area contributed by atoms with Crippen molar-refractivity contribution >= 4 is 15.9 Å². The van der Waals surface area contributed by atoms with Crippen LogP contribution in [0.25, 0.3) is 0 Å². The molecule has 1 fully saturated rings. The van der Waals surface area contributed by atoms with E-state index in [0.29, 0.717) is 38.6 Å². The number of carbonyl (C=O) groups is 1. The number of nitrogens with one attached hydrogen (secondary N) is 1. The largest absolute Gasteiger partial charge is 0.497 e. The molecule has 9 heteroatoms. The summed E-state index contributed by atoms with van der Waals surface area (Å²) in [5.41, 5.74) is 0.895. The van der Waals surface area contributed by atoms with Crippen LogP contribution in [-0.2, 0) is 26.0 Å². The minimum atomic E-state index is -3.52. The average Bonchev–Trinajstić information content (AvgIpc) is 2.78. The van der Waals surface area contributed by atoms with Gasteiger partial charge in [-0.1, -0.05) is 12.1 Å². The third kappa shape index (κ3) is 5.94. The molecule has 2 aromatic carbocycles. The Kier molecular flexibility index (Phi) is 7.67. The Morgan fingerprint density at radius 1 is 1.03 bits per heavy atom. The molecule has 0 aromatic heterocycles. The molecule has 0 atom stereocenters. The predicted octanol–water partition coefficient (Wildman–Crippen LogP) is 1.45. The highest BCUT2D eigenvalue weighted by Gasteiger charge is 2.26. The number of ether oxygens (including phenoxy) is 3. The second-order valence-electron chi connectivity index (χ2n) is 6.71. The maximum atomic E-state index is 12.6.